The molecule has 3 aromatic rings. The monoisotopic (exact) mass is 399 g/mol. The minimum absolute atomic E-state index is 0.218. The number of pyridine rings is 1. The van der Waals surface area contributed by atoms with E-state index in [1.807, 2.05) is 16.7 Å². The molecule has 6 nitrogen and oxygen atoms in total. The summed E-state index contributed by atoms with van der Waals surface area (Å²) in [5.41, 5.74) is 1.90. The highest BCUT2D eigenvalue weighted by molar-refractivity contribution is 8.00. The molecule has 146 valence electrons. The van der Waals surface area contributed by atoms with Crippen LogP contribution in [0.25, 0.3) is 11.4 Å². The van der Waals surface area contributed by atoms with Gasteiger partial charge in [0.1, 0.15) is 5.82 Å². The Kier molecular flexibility index (Phi) is 6.41. The van der Waals surface area contributed by atoms with Gasteiger partial charge >= 0.3 is 0 Å². The smallest absolute Gasteiger partial charge is 0.237 e. The molecule has 1 aromatic carbocycles. The van der Waals surface area contributed by atoms with Crippen molar-refractivity contribution >= 4 is 23.4 Å². The number of aryl methyl sites for hydroxylation is 1. The van der Waals surface area contributed by atoms with Crippen LogP contribution >= 0.6 is 11.8 Å². The summed E-state index contributed by atoms with van der Waals surface area (Å²) in [4.78, 5) is 16.6. The lowest BCUT2D eigenvalue weighted by Crippen LogP contribution is -2.23. The van der Waals surface area contributed by atoms with Crippen LogP contribution in [0.2, 0.25) is 0 Å². The van der Waals surface area contributed by atoms with Crippen molar-refractivity contribution in [1.29, 1.82) is 0 Å². The van der Waals surface area contributed by atoms with Gasteiger partial charge in [-0.25, -0.2) is 4.39 Å². The number of anilines is 1. The van der Waals surface area contributed by atoms with E-state index in [0.717, 1.165) is 24.4 Å². The zero-order valence-electron chi connectivity index (χ0n) is 16.0. The molecule has 8 heteroatoms. The zero-order valence-corrected chi connectivity index (χ0v) is 16.8. The van der Waals surface area contributed by atoms with Crippen LogP contribution in [-0.2, 0) is 11.3 Å². The van der Waals surface area contributed by atoms with Gasteiger partial charge in [0.15, 0.2) is 11.0 Å². The first-order chi connectivity index (χ1) is 13.5. The van der Waals surface area contributed by atoms with Crippen molar-refractivity contribution in [3.05, 3.63) is 54.1 Å². The Hall–Kier alpha value is -2.74. The number of thioether (sulfide) groups is 1. The highest BCUT2D eigenvalue weighted by atomic mass is 32.2. The van der Waals surface area contributed by atoms with Gasteiger partial charge in [-0.15, -0.1) is 10.2 Å². The predicted molar refractivity (Wildman–Crippen MR) is 109 cm³/mol. The number of nitrogens with zero attached hydrogens (tertiary/aromatic N) is 4. The molecule has 2 heterocycles. The van der Waals surface area contributed by atoms with Gasteiger partial charge in [-0.05, 0) is 50.1 Å². The molecular formula is C20H22FN5OS. The Morgan fingerprint density at radius 3 is 2.68 bits per heavy atom. The molecule has 0 spiro atoms. The molecule has 0 saturated carbocycles. The Bertz CT molecular complexity index is 960. The number of hydrogen-bond acceptors (Lipinski definition) is 5. The summed E-state index contributed by atoms with van der Waals surface area (Å²) in [6.07, 6.45) is 4.33. The van der Waals surface area contributed by atoms with Crippen molar-refractivity contribution in [1.82, 2.24) is 19.7 Å². The Morgan fingerprint density at radius 2 is 2.00 bits per heavy atom. The molecule has 1 atom stereocenters. The van der Waals surface area contributed by atoms with E-state index in [2.05, 4.69) is 27.4 Å². The van der Waals surface area contributed by atoms with E-state index < -0.39 is 5.25 Å². The molecule has 1 amide bonds. The summed E-state index contributed by atoms with van der Waals surface area (Å²) >= 11 is 1.33. The van der Waals surface area contributed by atoms with Crippen LogP contribution < -0.4 is 5.32 Å². The first-order valence-electron chi connectivity index (χ1n) is 9.07. The molecule has 28 heavy (non-hydrogen) atoms. The lowest BCUT2D eigenvalue weighted by atomic mass is 10.2. The standard InChI is InChI=1S/C20H22FN5OS/c1-4-11-26-18(15-7-9-22-10-8-15)24-25-20(26)28-14(3)19(27)23-16-6-5-13(2)17(21)12-16/h5-10,12,14H,4,11H2,1-3H3,(H,23,27). The van der Waals surface area contributed by atoms with Crippen LogP contribution in [-0.4, -0.2) is 30.9 Å². The number of hydrogen-bond donors (Lipinski definition) is 1. The first kappa shape index (κ1) is 20.0. The minimum Gasteiger partial charge on any atom is -0.325 e. The quantitative estimate of drug-likeness (QED) is 0.599. The average molecular weight is 399 g/mol. The summed E-state index contributed by atoms with van der Waals surface area (Å²) in [7, 11) is 0. The summed E-state index contributed by atoms with van der Waals surface area (Å²) in [5, 5.41) is 11.6. The number of nitrogens with one attached hydrogen (secondary N) is 1. The maximum atomic E-state index is 13.7. The van der Waals surface area contributed by atoms with Crippen molar-refractivity contribution in [3.8, 4) is 11.4 Å². The van der Waals surface area contributed by atoms with E-state index in [9.17, 15) is 9.18 Å². The van der Waals surface area contributed by atoms with Crippen molar-refractivity contribution in [2.75, 3.05) is 5.32 Å². The molecule has 1 N–H and O–H groups in total. The summed E-state index contributed by atoms with van der Waals surface area (Å²) in [5.74, 6) is 0.188. The molecule has 0 aliphatic rings. The normalized spacial score (nSPS) is 12.0. The number of aromatic nitrogens is 4. The molecule has 0 bridgehead atoms. The summed E-state index contributed by atoms with van der Waals surface area (Å²) < 4.78 is 15.7. The highest BCUT2D eigenvalue weighted by Crippen LogP contribution is 2.27. The SMILES string of the molecule is CCCn1c(SC(C)C(=O)Nc2ccc(C)c(F)c2)nnc1-c1ccncc1. The number of benzene rings is 1. The molecule has 3 rings (SSSR count). The van der Waals surface area contributed by atoms with Crippen LogP contribution in [0.5, 0.6) is 0 Å². The Balaban J connectivity index is 1.75. The van der Waals surface area contributed by atoms with Crippen molar-refractivity contribution in [2.45, 2.75) is 44.1 Å². The first-order valence-corrected chi connectivity index (χ1v) is 9.94. The lowest BCUT2D eigenvalue weighted by Gasteiger charge is -2.13. The Morgan fingerprint density at radius 1 is 1.25 bits per heavy atom. The van der Waals surface area contributed by atoms with E-state index in [1.54, 1.807) is 38.4 Å². The van der Waals surface area contributed by atoms with Gasteiger partial charge in [0.2, 0.25) is 5.91 Å². The molecular weight excluding hydrogens is 377 g/mol. The van der Waals surface area contributed by atoms with Crippen LogP contribution in [0.4, 0.5) is 10.1 Å². The maximum absolute atomic E-state index is 13.7. The van der Waals surface area contributed by atoms with Crippen LogP contribution in [0.3, 0.4) is 0 Å². The maximum Gasteiger partial charge on any atom is 0.237 e. The molecule has 1 unspecified atom stereocenters. The number of halogens is 1. The fraction of sp³-hybridized carbons (Fsp3) is 0.300. The minimum atomic E-state index is -0.422. The van der Waals surface area contributed by atoms with Gasteiger partial charge in [0.05, 0.1) is 5.25 Å². The van der Waals surface area contributed by atoms with Crippen molar-refractivity contribution in [2.24, 2.45) is 0 Å². The highest BCUT2D eigenvalue weighted by Gasteiger charge is 2.21. The van der Waals surface area contributed by atoms with Crippen LogP contribution in [0, 0.1) is 12.7 Å². The molecule has 0 saturated heterocycles. The van der Waals surface area contributed by atoms with E-state index in [0.29, 0.717) is 16.4 Å². The van der Waals surface area contributed by atoms with Gasteiger partial charge < -0.3 is 9.88 Å². The third-order valence-electron chi connectivity index (χ3n) is 4.19. The fourth-order valence-corrected chi connectivity index (χ4v) is 3.52. The molecule has 2 aromatic heterocycles. The second kappa shape index (κ2) is 8.97. The van der Waals surface area contributed by atoms with E-state index in [-0.39, 0.29) is 11.7 Å². The zero-order chi connectivity index (χ0) is 20.1. The fourth-order valence-electron chi connectivity index (χ4n) is 2.64. The number of carbonyl (C=O) groups excluding carboxylic acids is 1. The van der Waals surface area contributed by atoms with Gasteiger partial charge in [-0.1, -0.05) is 24.8 Å². The average Bonchev–Trinajstić information content (AvgIpc) is 3.08. The predicted octanol–water partition coefficient (Wildman–Crippen LogP) is 4.32. The largest absolute Gasteiger partial charge is 0.325 e. The van der Waals surface area contributed by atoms with Crippen molar-refractivity contribution < 1.29 is 9.18 Å². The number of carbonyl (C=O) groups is 1. The van der Waals surface area contributed by atoms with E-state index >= 15 is 0 Å². The Labute approximate surface area is 167 Å². The number of amides is 1. The summed E-state index contributed by atoms with van der Waals surface area (Å²) in [6.45, 7) is 6.29. The molecule has 0 aliphatic carbocycles. The van der Waals surface area contributed by atoms with Crippen molar-refractivity contribution in [3.63, 3.8) is 0 Å². The van der Waals surface area contributed by atoms with E-state index in [4.69, 9.17) is 0 Å². The van der Waals surface area contributed by atoms with Crippen LogP contribution in [0.1, 0.15) is 25.8 Å². The lowest BCUT2D eigenvalue weighted by molar-refractivity contribution is -0.115. The van der Waals surface area contributed by atoms with Gasteiger partial charge in [0.25, 0.3) is 0 Å². The van der Waals surface area contributed by atoms with Gasteiger partial charge in [-0.3, -0.25) is 9.78 Å². The third kappa shape index (κ3) is 4.56. The van der Waals surface area contributed by atoms with Crippen LogP contribution in [0.15, 0.2) is 47.9 Å². The second-order valence-electron chi connectivity index (χ2n) is 6.41. The molecule has 0 radical (unpaired) electrons. The summed E-state index contributed by atoms with van der Waals surface area (Å²) in [6, 6.07) is 8.42. The van der Waals surface area contributed by atoms with E-state index in [1.165, 1.54) is 17.8 Å². The second-order valence-corrected chi connectivity index (χ2v) is 7.71. The topological polar surface area (TPSA) is 72.7 Å². The molecule has 0 aliphatic heterocycles. The molecule has 0 fully saturated rings. The van der Waals surface area contributed by atoms with Gasteiger partial charge in [-0.2, -0.15) is 0 Å². The third-order valence-corrected chi connectivity index (χ3v) is 5.27. The van der Waals surface area contributed by atoms with Gasteiger partial charge in [0, 0.05) is 30.2 Å². The number of rotatable bonds is 7.